The lowest BCUT2D eigenvalue weighted by atomic mass is 10.1. The first-order valence-corrected chi connectivity index (χ1v) is 7.32. The van der Waals surface area contributed by atoms with E-state index in [9.17, 15) is 4.79 Å². The van der Waals surface area contributed by atoms with Crippen molar-refractivity contribution in [2.75, 3.05) is 0 Å². The molecule has 0 atom stereocenters. The van der Waals surface area contributed by atoms with E-state index in [1.165, 1.54) is 6.07 Å². The molecule has 0 spiro atoms. The van der Waals surface area contributed by atoms with Crippen LogP contribution >= 0.6 is 34.8 Å². The Bertz CT molecular complexity index is 732. The van der Waals surface area contributed by atoms with Crippen molar-refractivity contribution >= 4 is 46.6 Å². The molecule has 0 aliphatic rings. The molecule has 0 heterocycles. The molecule has 0 unspecified atom stereocenters. The van der Waals surface area contributed by atoms with Crippen LogP contribution in [0.5, 0.6) is 0 Å². The van der Waals surface area contributed by atoms with Gasteiger partial charge in [-0.3, -0.25) is 0 Å². The van der Waals surface area contributed by atoms with Gasteiger partial charge >= 0.3 is 5.97 Å². The van der Waals surface area contributed by atoms with Gasteiger partial charge in [0.15, 0.2) is 0 Å². The third kappa shape index (κ3) is 4.63. The molecule has 0 saturated carbocycles. The van der Waals surface area contributed by atoms with Crippen molar-refractivity contribution in [1.29, 1.82) is 0 Å². The summed E-state index contributed by atoms with van der Waals surface area (Å²) in [4.78, 5) is 16.5. The number of amidine groups is 1. The highest BCUT2D eigenvalue weighted by atomic mass is 35.5. The van der Waals surface area contributed by atoms with E-state index < -0.39 is 5.97 Å². The number of nitrogens with two attached hydrogens (primary N) is 1. The molecule has 0 fully saturated rings. The molecule has 0 aromatic heterocycles. The number of carbonyl (C=O) groups excluding carboxylic acids is 1. The van der Waals surface area contributed by atoms with Crippen LogP contribution in [-0.2, 0) is 11.3 Å². The van der Waals surface area contributed by atoms with Crippen molar-refractivity contribution in [3.8, 4) is 0 Å². The fourth-order valence-corrected chi connectivity index (χ4v) is 2.17. The van der Waals surface area contributed by atoms with E-state index in [0.717, 1.165) is 5.56 Å². The van der Waals surface area contributed by atoms with Gasteiger partial charge in [0.2, 0.25) is 0 Å². The molecule has 0 aliphatic heterocycles. The maximum atomic E-state index is 11.8. The van der Waals surface area contributed by atoms with Gasteiger partial charge in [-0.2, -0.15) is 0 Å². The number of oxime groups is 1. The summed E-state index contributed by atoms with van der Waals surface area (Å²) in [6, 6.07) is 11.4. The molecule has 0 saturated heterocycles. The molecule has 7 heteroatoms. The zero-order chi connectivity index (χ0) is 16.1. The third-order valence-electron chi connectivity index (χ3n) is 2.68. The predicted molar refractivity (Wildman–Crippen MR) is 88.7 cm³/mol. The van der Waals surface area contributed by atoms with Gasteiger partial charge in [-0.05, 0) is 35.9 Å². The Morgan fingerprint density at radius 2 is 1.86 bits per heavy atom. The second-order valence-electron chi connectivity index (χ2n) is 4.40. The van der Waals surface area contributed by atoms with Crippen LogP contribution in [0.15, 0.2) is 47.6 Å². The van der Waals surface area contributed by atoms with Crippen LogP contribution in [-0.4, -0.2) is 11.8 Å². The lowest BCUT2D eigenvalue weighted by Gasteiger charge is -2.03. The molecule has 2 aromatic carbocycles. The first-order chi connectivity index (χ1) is 10.5. The zero-order valence-corrected chi connectivity index (χ0v) is 13.5. The normalized spacial score (nSPS) is 11.3. The number of hydrogen-bond acceptors (Lipinski definition) is 3. The van der Waals surface area contributed by atoms with Crippen LogP contribution in [0.4, 0.5) is 0 Å². The minimum atomic E-state index is -0.639. The topological polar surface area (TPSA) is 64.7 Å². The number of benzene rings is 2. The fourth-order valence-electron chi connectivity index (χ4n) is 1.66. The minimum Gasteiger partial charge on any atom is -0.384 e. The van der Waals surface area contributed by atoms with Crippen LogP contribution in [0.3, 0.4) is 0 Å². The Morgan fingerprint density at radius 1 is 1.09 bits per heavy atom. The van der Waals surface area contributed by atoms with Gasteiger partial charge in [-0.25, -0.2) is 4.79 Å². The van der Waals surface area contributed by atoms with Gasteiger partial charge in [0, 0.05) is 11.4 Å². The third-order valence-corrected chi connectivity index (χ3v) is 3.65. The van der Waals surface area contributed by atoms with Crippen molar-refractivity contribution in [2.24, 2.45) is 10.9 Å². The monoisotopic (exact) mass is 356 g/mol. The smallest absolute Gasteiger partial charge is 0.365 e. The summed E-state index contributed by atoms with van der Waals surface area (Å²) in [6.07, 6.45) is 0.277. The van der Waals surface area contributed by atoms with E-state index in [1.807, 2.05) is 0 Å². The van der Waals surface area contributed by atoms with Crippen molar-refractivity contribution in [3.05, 3.63) is 68.7 Å². The SMILES string of the molecule is NC(Cc1ccc(Cl)c(Cl)c1)=NOC(=O)c1cccc(Cl)c1. The largest absolute Gasteiger partial charge is 0.384 e. The Balaban J connectivity index is 2.00. The Labute approximate surface area is 142 Å². The molecule has 0 aliphatic carbocycles. The van der Waals surface area contributed by atoms with Gasteiger partial charge in [-0.15, -0.1) is 0 Å². The Hall–Kier alpha value is -1.75. The van der Waals surface area contributed by atoms with E-state index in [-0.39, 0.29) is 12.3 Å². The molecular formula is C15H11Cl3N2O2. The highest BCUT2D eigenvalue weighted by molar-refractivity contribution is 6.42. The zero-order valence-electron chi connectivity index (χ0n) is 11.2. The Kier molecular flexibility index (Phi) is 5.66. The molecular weight excluding hydrogens is 347 g/mol. The summed E-state index contributed by atoms with van der Waals surface area (Å²) in [5.41, 5.74) is 6.81. The summed E-state index contributed by atoms with van der Waals surface area (Å²) >= 11 is 17.5. The average molecular weight is 358 g/mol. The molecule has 0 radical (unpaired) electrons. The van der Waals surface area contributed by atoms with Gasteiger partial charge in [0.1, 0.15) is 5.84 Å². The summed E-state index contributed by atoms with van der Waals surface area (Å²) < 4.78 is 0. The predicted octanol–water partition coefficient (Wildman–Crippen LogP) is 4.32. The van der Waals surface area contributed by atoms with E-state index in [0.29, 0.717) is 20.6 Å². The summed E-state index contributed by atoms with van der Waals surface area (Å²) in [6.45, 7) is 0. The van der Waals surface area contributed by atoms with E-state index in [1.54, 1.807) is 36.4 Å². The first-order valence-electron chi connectivity index (χ1n) is 6.19. The molecule has 2 N–H and O–H groups in total. The van der Waals surface area contributed by atoms with Crippen molar-refractivity contribution in [2.45, 2.75) is 6.42 Å². The van der Waals surface area contributed by atoms with Crippen molar-refractivity contribution in [3.63, 3.8) is 0 Å². The lowest BCUT2D eigenvalue weighted by molar-refractivity contribution is 0.0515. The van der Waals surface area contributed by atoms with E-state index in [4.69, 9.17) is 45.4 Å². The number of carbonyl (C=O) groups is 1. The van der Waals surface area contributed by atoms with Crippen LogP contribution in [0.2, 0.25) is 15.1 Å². The van der Waals surface area contributed by atoms with E-state index >= 15 is 0 Å². The average Bonchev–Trinajstić information content (AvgIpc) is 2.48. The Morgan fingerprint density at radius 3 is 2.55 bits per heavy atom. The maximum absolute atomic E-state index is 11.8. The number of hydrogen-bond donors (Lipinski definition) is 1. The van der Waals surface area contributed by atoms with E-state index in [2.05, 4.69) is 5.16 Å². The maximum Gasteiger partial charge on any atom is 0.365 e. The molecule has 114 valence electrons. The van der Waals surface area contributed by atoms with Gasteiger partial charge < -0.3 is 10.6 Å². The standard InChI is InChI=1S/C15H11Cl3N2O2/c16-11-3-1-2-10(8-11)15(21)22-20-14(19)7-9-4-5-12(17)13(18)6-9/h1-6,8H,7H2,(H2,19,20). The van der Waals surface area contributed by atoms with Crippen LogP contribution in [0.1, 0.15) is 15.9 Å². The number of rotatable bonds is 4. The van der Waals surface area contributed by atoms with Crippen molar-refractivity contribution < 1.29 is 9.63 Å². The summed E-state index contributed by atoms with van der Waals surface area (Å²) in [7, 11) is 0. The summed E-state index contributed by atoms with van der Waals surface area (Å²) in [5.74, 6) is -0.506. The summed E-state index contributed by atoms with van der Waals surface area (Å²) in [5, 5.41) is 4.91. The van der Waals surface area contributed by atoms with Gasteiger partial charge in [0.25, 0.3) is 0 Å². The first kappa shape index (κ1) is 16.6. The lowest BCUT2D eigenvalue weighted by Crippen LogP contribution is -2.16. The molecule has 4 nitrogen and oxygen atoms in total. The number of halogens is 3. The second kappa shape index (κ2) is 7.49. The second-order valence-corrected chi connectivity index (χ2v) is 5.65. The molecule has 2 aromatic rings. The number of nitrogens with zero attached hydrogens (tertiary/aromatic N) is 1. The minimum absolute atomic E-state index is 0.133. The highest BCUT2D eigenvalue weighted by Crippen LogP contribution is 2.22. The molecule has 2 rings (SSSR count). The van der Waals surface area contributed by atoms with Crippen LogP contribution in [0, 0.1) is 0 Å². The molecule has 0 bridgehead atoms. The fraction of sp³-hybridized carbons (Fsp3) is 0.0667. The van der Waals surface area contributed by atoms with Gasteiger partial charge in [-0.1, -0.05) is 52.1 Å². The quantitative estimate of drug-likeness (QED) is 0.383. The van der Waals surface area contributed by atoms with Gasteiger partial charge in [0.05, 0.1) is 15.6 Å². The van der Waals surface area contributed by atoms with Crippen LogP contribution in [0.25, 0.3) is 0 Å². The van der Waals surface area contributed by atoms with Crippen molar-refractivity contribution in [1.82, 2.24) is 0 Å². The molecule has 0 amide bonds. The highest BCUT2D eigenvalue weighted by Gasteiger charge is 2.08. The molecule has 22 heavy (non-hydrogen) atoms. The van der Waals surface area contributed by atoms with Crippen LogP contribution < -0.4 is 5.73 Å².